The Morgan fingerprint density at radius 1 is 0.350 bits per heavy atom. The summed E-state index contributed by atoms with van der Waals surface area (Å²) < 4.78 is 5.50. The number of amides is 1. The van der Waals surface area contributed by atoms with Crippen LogP contribution < -0.4 is 5.32 Å². The molecule has 1 amide bonds. The van der Waals surface area contributed by atoms with Gasteiger partial charge in [0.2, 0.25) is 5.91 Å². The standard InChI is InChI=1S/C74H141NO5/c1-3-5-7-9-11-13-15-17-19-21-31-34-38-42-46-50-54-58-62-66-72(77)71(70-76)75-73(78)67-63-59-55-51-47-43-39-35-32-29-27-25-23-24-26-28-30-33-37-41-45-49-53-57-61-65-69-80-74(79)68-64-60-56-52-48-44-40-36-22-20-18-16-14-12-10-8-6-4-2/h14,16,20,22,62,66,71-72,76-77H,3-13,15,17-19,21,23-61,63-65,67-70H2,1-2H3,(H,75,78)/b16-14-,22-20-,66-62+. The zero-order chi connectivity index (χ0) is 57.8. The summed E-state index contributed by atoms with van der Waals surface area (Å²) in [6.07, 6.45) is 89.4. The second-order valence-corrected chi connectivity index (χ2v) is 24.9. The van der Waals surface area contributed by atoms with Gasteiger partial charge in [0, 0.05) is 12.8 Å². The van der Waals surface area contributed by atoms with Gasteiger partial charge in [-0.05, 0) is 64.2 Å². The van der Waals surface area contributed by atoms with Gasteiger partial charge in [0.1, 0.15) is 0 Å². The molecular formula is C74H141NO5. The summed E-state index contributed by atoms with van der Waals surface area (Å²) in [7, 11) is 0. The number of ether oxygens (including phenoxy) is 1. The second-order valence-electron chi connectivity index (χ2n) is 24.9. The fraction of sp³-hybridized carbons (Fsp3) is 0.892. The minimum Gasteiger partial charge on any atom is -0.466 e. The molecule has 80 heavy (non-hydrogen) atoms. The van der Waals surface area contributed by atoms with Crippen LogP contribution in [0.15, 0.2) is 36.5 Å². The predicted molar refractivity (Wildman–Crippen MR) is 352 cm³/mol. The van der Waals surface area contributed by atoms with Crippen LogP contribution >= 0.6 is 0 Å². The van der Waals surface area contributed by atoms with Crippen LogP contribution in [0, 0.1) is 0 Å². The minimum absolute atomic E-state index is 0.0101. The molecule has 0 spiro atoms. The van der Waals surface area contributed by atoms with E-state index in [0.717, 1.165) is 51.4 Å². The van der Waals surface area contributed by atoms with E-state index in [1.54, 1.807) is 6.08 Å². The highest BCUT2D eigenvalue weighted by atomic mass is 16.5. The third-order valence-corrected chi connectivity index (χ3v) is 16.9. The first-order chi connectivity index (χ1) is 39.5. The van der Waals surface area contributed by atoms with E-state index in [1.807, 2.05) is 6.08 Å². The average Bonchev–Trinajstić information content (AvgIpc) is 3.46. The van der Waals surface area contributed by atoms with Gasteiger partial charge in [-0.3, -0.25) is 9.59 Å². The molecule has 0 aliphatic heterocycles. The molecule has 0 aromatic heterocycles. The maximum Gasteiger partial charge on any atom is 0.305 e. The van der Waals surface area contributed by atoms with Crippen molar-refractivity contribution in [2.45, 2.75) is 411 Å². The fourth-order valence-electron chi connectivity index (χ4n) is 11.4. The Kier molecular flexibility index (Phi) is 67.9. The number of aliphatic hydroxyl groups excluding tert-OH is 2. The maximum absolute atomic E-state index is 12.5. The van der Waals surface area contributed by atoms with Crippen LogP contribution in [-0.4, -0.2) is 47.4 Å². The zero-order valence-electron chi connectivity index (χ0n) is 54.1. The van der Waals surface area contributed by atoms with Gasteiger partial charge in [-0.15, -0.1) is 0 Å². The summed E-state index contributed by atoms with van der Waals surface area (Å²) >= 11 is 0. The van der Waals surface area contributed by atoms with Crippen LogP contribution in [0.3, 0.4) is 0 Å². The van der Waals surface area contributed by atoms with Crippen molar-refractivity contribution in [1.82, 2.24) is 5.32 Å². The molecule has 0 aromatic carbocycles. The van der Waals surface area contributed by atoms with Crippen molar-refractivity contribution < 1.29 is 24.5 Å². The van der Waals surface area contributed by atoms with Gasteiger partial charge in [-0.2, -0.15) is 0 Å². The van der Waals surface area contributed by atoms with Gasteiger partial charge in [-0.1, -0.05) is 359 Å². The number of hydrogen-bond donors (Lipinski definition) is 3. The normalized spacial score (nSPS) is 12.7. The lowest BCUT2D eigenvalue weighted by Gasteiger charge is -2.20. The van der Waals surface area contributed by atoms with Crippen LogP contribution in [0.2, 0.25) is 0 Å². The molecule has 0 saturated carbocycles. The Labute approximate surface area is 500 Å². The molecule has 0 bridgehead atoms. The first kappa shape index (κ1) is 78.1. The monoisotopic (exact) mass is 1120 g/mol. The molecule has 0 radical (unpaired) electrons. The lowest BCUT2D eigenvalue weighted by molar-refractivity contribution is -0.143. The van der Waals surface area contributed by atoms with Crippen LogP contribution in [0.5, 0.6) is 0 Å². The lowest BCUT2D eigenvalue weighted by atomic mass is 10.0. The first-order valence-corrected chi connectivity index (χ1v) is 36.3. The number of unbranched alkanes of at least 4 members (excludes halogenated alkanes) is 53. The number of allylic oxidation sites excluding steroid dienone is 5. The smallest absolute Gasteiger partial charge is 0.305 e. The summed E-state index contributed by atoms with van der Waals surface area (Å²) in [4.78, 5) is 24.6. The summed E-state index contributed by atoms with van der Waals surface area (Å²) in [6, 6.07) is -0.627. The first-order valence-electron chi connectivity index (χ1n) is 36.3. The molecule has 0 saturated heterocycles. The van der Waals surface area contributed by atoms with Gasteiger partial charge < -0.3 is 20.3 Å². The van der Waals surface area contributed by atoms with Crippen molar-refractivity contribution in [1.29, 1.82) is 0 Å². The van der Waals surface area contributed by atoms with Crippen LogP contribution in [0.1, 0.15) is 399 Å². The van der Waals surface area contributed by atoms with E-state index in [9.17, 15) is 19.8 Å². The Hall–Kier alpha value is -1.92. The molecule has 0 aromatic rings. The van der Waals surface area contributed by atoms with E-state index in [2.05, 4.69) is 43.5 Å². The summed E-state index contributed by atoms with van der Waals surface area (Å²) in [5.74, 6) is -0.0523. The molecule has 0 aliphatic rings. The van der Waals surface area contributed by atoms with Crippen LogP contribution in [0.25, 0.3) is 0 Å². The van der Waals surface area contributed by atoms with E-state index in [0.29, 0.717) is 19.4 Å². The average molecular weight is 1120 g/mol. The number of aliphatic hydroxyl groups is 2. The fourth-order valence-corrected chi connectivity index (χ4v) is 11.4. The second kappa shape index (κ2) is 69.6. The largest absolute Gasteiger partial charge is 0.466 e. The van der Waals surface area contributed by atoms with Gasteiger partial charge >= 0.3 is 5.97 Å². The van der Waals surface area contributed by atoms with Crippen molar-refractivity contribution >= 4 is 11.9 Å². The molecule has 2 unspecified atom stereocenters. The minimum atomic E-state index is -0.844. The number of carbonyl (C=O) groups excluding carboxylic acids is 2. The van der Waals surface area contributed by atoms with E-state index in [-0.39, 0.29) is 18.5 Å². The van der Waals surface area contributed by atoms with Crippen LogP contribution in [0.4, 0.5) is 0 Å². The molecule has 6 nitrogen and oxygen atoms in total. The van der Waals surface area contributed by atoms with Crippen molar-refractivity contribution in [3.05, 3.63) is 36.5 Å². The predicted octanol–water partition coefficient (Wildman–Crippen LogP) is 23.5. The number of rotatable bonds is 68. The van der Waals surface area contributed by atoms with Gasteiger partial charge in [0.05, 0.1) is 25.4 Å². The number of hydrogen-bond acceptors (Lipinski definition) is 5. The van der Waals surface area contributed by atoms with Crippen LogP contribution in [-0.2, 0) is 14.3 Å². The molecule has 3 N–H and O–H groups in total. The highest BCUT2D eigenvalue weighted by Crippen LogP contribution is 2.19. The number of carbonyl (C=O) groups is 2. The Bertz CT molecular complexity index is 1300. The Morgan fingerprint density at radius 2 is 0.625 bits per heavy atom. The molecule has 2 atom stereocenters. The van der Waals surface area contributed by atoms with Crippen molar-refractivity contribution in [2.75, 3.05) is 13.2 Å². The summed E-state index contributed by atoms with van der Waals surface area (Å²) in [5.41, 5.74) is 0. The van der Waals surface area contributed by atoms with Crippen molar-refractivity contribution in [3.63, 3.8) is 0 Å². The van der Waals surface area contributed by atoms with E-state index in [4.69, 9.17) is 4.74 Å². The number of nitrogens with one attached hydrogen (secondary N) is 1. The highest BCUT2D eigenvalue weighted by Gasteiger charge is 2.18. The van der Waals surface area contributed by atoms with Crippen molar-refractivity contribution in [2.24, 2.45) is 0 Å². The third kappa shape index (κ3) is 65.2. The highest BCUT2D eigenvalue weighted by molar-refractivity contribution is 5.76. The molecule has 6 heteroatoms. The SMILES string of the molecule is CCCCCC/C=C\C/C=C\CCCCCCCCCC(=O)OCCCCCCCCCCCCCCCCCCCCCCCCCCCCC(=O)NC(CO)C(O)/C=C/CCCCCCCCCCCCCCCCCCC. The van der Waals surface area contributed by atoms with Crippen molar-refractivity contribution in [3.8, 4) is 0 Å². The third-order valence-electron chi connectivity index (χ3n) is 16.9. The topological polar surface area (TPSA) is 95.9 Å². The summed E-state index contributed by atoms with van der Waals surface area (Å²) in [6.45, 7) is 4.92. The van der Waals surface area contributed by atoms with E-state index < -0.39 is 12.1 Å². The molecule has 0 heterocycles. The lowest BCUT2D eigenvalue weighted by Crippen LogP contribution is -2.45. The molecule has 0 rings (SSSR count). The van der Waals surface area contributed by atoms with Gasteiger partial charge in [0.25, 0.3) is 0 Å². The molecule has 0 aliphatic carbocycles. The molecular weight excluding hydrogens is 983 g/mol. The van der Waals surface area contributed by atoms with E-state index >= 15 is 0 Å². The van der Waals surface area contributed by atoms with E-state index in [1.165, 1.54) is 321 Å². The van der Waals surface area contributed by atoms with Gasteiger partial charge in [-0.25, -0.2) is 0 Å². The Morgan fingerprint density at radius 3 is 0.963 bits per heavy atom. The number of esters is 1. The Balaban J connectivity index is 3.37. The zero-order valence-corrected chi connectivity index (χ0v) is 54.1. The summed E-state index contributed by atoms with van der Waals surface area (Å²) in [5, 5.41) is 23.2. The van der Waals surface area contributed by atoms with Gasteiger partial charge in [0.15, 0.2) is 0 Å². The molecule has 0 fully saturated rings. The maximum atomic E-state index is 12.5. The quantitative estimate of drug-likeness (QED) is 0.0320. The molecule has 472 valence electrons.